The monoisotopic (exact) mass is 263 g/mol. The maximum Gasteiger partial charge on any atom is 0.296 e. The molecular weight excluding hydrogens is 250 g/mol. The first-order chi connectivity index (χ1) is 7.50. The van der Waals surface area contributed by atoms with Gasteiger partial charge in [-0.15, -0.1) is 10.2 Å². The van der Waals surface area contributed by atoms with Gasteiger partial charge in [-0.3, -0.25) is 0 Å². The second-order valence-electron chi connectivity index (χ2n) is 4.17. The molecule has 90 valence electrons. The Labute approximate surface area is 99.2 Å². The average molecular weight is 264 g/mol. The second kappa shape index (κ2) is 4.33. The van der Waals surface area contributed by atoms with E-state index in [0.717, 1.165) is 18.7 Å². The topological polar surface area (TPSA) is 64.8 Å². The number of rotatable bonds is 2. The number of hydrogen-bond acceptors (Lipinski definition) is 4. The van der Waals surface area contributed by atoms with Crippen molar-refractivity contribution in [1.29, 1.82) is 0 Å². The fourth-order valence-electron chi connectivity index (χ4n) is 2.25. The minimum Gasteiger partial charge on any atom is -0.304 e. The predicted molar refractivity (Wildman–Crippen MR) is 59.9 cm³/mol. The highest BCUT2D eigenvalue weighted by atomic mass is 35.7. The van der Waals surface area contributed by atoms with Gasteiger partial charge < -0.3 is 4.57 Å². The molecule has 2 rings (SSSR count). The third-order valence-corrected chi connectivity index (χ3v) is 4.26. The predicted octanol–water partition coefficient (Wildman–Crippen LogP) is 1.79. The Bertz CT molecular complexity index is 477. The molecule has 0 aliphatic heterocycles. The van der Waals surface area contributed by atoms with Gasteiger partial charge in [0.15, 0.2) is 0 Å². The molecule has 1 aromatic heterocycles. The lowest BCUT2D eigenvalue weighted by Gasteiger charge is -2.20. The molecule has 0 aromatic carbocycles. The summed E-state index contributed by atoms with van der Waals surface area (Å²) in [6.45, 7) is 0. The van der Waals surface area contributed by atoms with E-state index in [2.05, 4.69) is 10.2 Å². The molecule has 5 nitrogen and oxygen atoms in total. The van der Waals surface area contributed by atoms with Crippen LogP contribution >= 0.6 is 10.7 Å². The van der Waals surface area contributed by atoms with Gasteiger partial charge in [0.25, 0.3) is 14.2 Å². The van der Waals surface area contributed by atoms with Gasteiger partial charge in [-0.1, -0.05) is 19.3 Å². The Balaban J connectivity index is 2.33. The van der Waals surface area contributed by atoms with Crippen LogP contribution in [0.4, 0.5) is 0 Å². The highest BCUT2D eigenvalue weighted by Gasteiger charge is 2.25. The van der Waals surface area contributed by atoms with E-state index in [9.17, 15) is 8.42 Å². The van der Waals surface area contributed by atoms with Crippen LogP contribution in [0.25, 0.3) is 0 Å². The summed E-state index contributed by atoms with van der Waals surface area (Å²) in [6.07, 6.45) is 5.68. The minimum atomic E-state index is -3.79. The summed E-state index contributed by atoms with van der Waals surface area (Å²) < 4.78 is 23.9. The summed E-state index contributed by atoms with van der Waals surface area (Å²) >= 11 is 0. The first kappa shape index (κ1) is 11.9. The molecule has 1 aromatic rings. The van der Waals surface area contributed by atoms with Gasteiger partial charge in [-0.2, -0.15) is 0 Å². The Hall–Kier alpha value is -0.620. The molecule has 1 heterocycles. The van der Waals surface area contributed by atoms with Gasteiger partial charge in [-0.25, -0.2) is 8.42 Å². The molecule has 0 N–H and O–H groups in total. The van der Waals surface area contributed by atoms with Gasteiger partial charge in [0.1, 0.15) is 5.82 Å². The molecule has 0 amide bonds. The lowest BCUT2D eigenvalue weighted by Crippen LogP contribution is -2.12. The van der Waals surface area contributed by atoms with Crippen molar-refractivity contribution in [2.45, 2.75) is 43.2 Å². The van der Waals surface area contributed by atoms with Crippen LogP contribution < -0.4 is 0 Å². The van der Waals surface area contributed by atoms with Crippen LogP contribution in [0.15, 0.2) is 5.16 Å². The van der Waals surface area contributed by atoms with E-state index in [-0.39, 0.29) is 5.16 Å². The van der Waals surface area contributed by atoms with E-state index in [0.29, 0.717) is 5.92 Å². The second-order valence-corrected chi connectivity index (χ2v) is 6.63. The SMILES string of the molecule is Cn1c(C2CCCCC2)nnc1S(=O)(=O)Cl. The largest absolute Gasteiger partial charge is 0.304 e. The first-order valence-corrected chi connectivity index (χ1v) is 7.65. The van der Waals surface area contributed by atoms with Crippen molar-refractivity contribution in [3.8, 4) is 0 Å². The summed E-state index contributed by atoms with van der Waals surface area (Å²) in [5.74, 6) is 1.05. The standard InChI is InChI=1S/C9H14ClN3O2S/c1-13-8(7-5-3-2-4-6-7)11-12-9(13)16(10,14)15/h7H,2-6H2,1H3. The van der Waals surface area contributed by atoms with Crippen molar-refractivity contribution in [3.63, 3.8) is 0 Å². The van der Waals surface area contributed by atoms with Crippen molar-refractivity contribution in [1.82, 2.24) is 14.8 Å². The molecule has 1 fully saturated rings. The zero-order valence-electron chi connectivity index (χ0n) is 9.06. The van der Waals surface area contributed by atoms with Gasteiger partial charge in [-0.05, 0) is 12.8 Å². The van der Waals surface area contributed by atoms with Crippen LogP contribution in [-0.4, -0.2) is 23.2 Å². The van der Waals surface area contributed by atoms with E-state index in [1.165, 1.54) is 23.8 Å². The smallest absolute Gasteiger partial charge is 0.296 e. The fraction of sp³-hybridized carbons (Fsp3) is 0.778. The van der Waals surface area contributed by atoms with Crippen LogP contribution in [-0.2, 0) is 16.1 Å². The van der Waals surface area contributed by atoms with E-state index in [1.807, 2.05) is 0 Å². The Morgan fingerprint density at radius 1 is 1.25 bits per heavy atom. The molecule has 0 bridgehead atoms. The van der Waals surface area contributed by atoms with Crippen LogP contribution in [0.3, 0.4) is 0 Å². The summed E-state index contributed by atoms with van der Waals surface area (Å²) in [7, 11) is 3.13. The maximum absolute atomic E-state index is 11.2. The summed E-state index contributed by atoms with van der Waals surface area (Å²) in [6, 6.07) is 0. The Morgan fingerprint density at radius 3 is 2.38 bits per heavy atom. The van der Waals surface area contributed by atoms with Crippen LogP contribution in [0.2, 0.25) is 0 Å². The first-order valence-electron chi connectivity index (χ1n) is 5.34. The lowest BCUT2D eigenvalue weighted by atomic mass is 9.89. The maximum atomic E-state index is 11.2. The Morgan fingerprint density at radius 2 is 1.88 bits per heavy atom. The van der Waals surface area contributed by atoms with E-state index < -0.39 is 9.05 Å². The zero-order valence-corrected chi connectivity index (χ0v) is 10.6. The summed E-state index contributed by atoms with van der Waals surface area (Å²) in [5.41, 5.74) is 0. The van der Waals surface area contributed by atoms with Gasteiger partial charge in [0, 0.05) is 23.6 Å². The molecule has 0 saturated heterocycles. The van der Waals surface area contributed by atoms with Gasteiger partial charge in [0.05, 0.1) is 0 Å². The highest BCUT2D eigenvalue weighted by Crippen LogP contribution is 2.32. The number of hydrogen-bond donors (Lipinski definition) is 0. The number of nitrogens with zero attached hydrogens (tertiary/aromatic N) is 3. The van der Waals surface area contributed by atoms with Crippen molar-refractivity contribution in [3.05, 3.63) is 5.82 Å². The lowest BCUT2D eigenvalue weighted by molar-refractivity contribution is 0.418. The molecule has 16 heavy (non-hydrogen) atoms. The molecule has 0 atom stereocenters. The number of aromatic nitrogens is 3. The highest BCUT2D eigenvalue weighted by molar-refractivity contribution is 8.13. The third-order valence-electron chi connectivity index (χ3n) is 3.06. The molecule has 0 spiro atoms. The van der Waals surface area contributed by atoms with Crippen LogP contribution in [0.5, 0.6) is 0 Å². The van der Waals surface area contributed by atoms with Crippen molar-refractivity contribution in [2.24, 2.45) is 7.05 Å². The van der Waals surface area contributed by atoms with Crippen molar-refractivity contribution < 1.29 is 8.42 Å². The molecular formula is C9H14ClN3O2S. The molecule has 0 unspecified atom stereocenters. The molecule has 1 saturated carbocycles. The zero-order chi connectivity index (χ0) is 11.8. The van der Waals surface area contributed by atoms with Gasteiger partial charge in [0.2, 0.25) is 0 Å². The third kappa shape index (κ3) is 2.22. The Kier molecular flexibility index (Phi) is 3.21. The van der Waals surface area contributed by atoms with Gasteiger partial charge >= 0.3 is 0 Å². The molecule has 0 radical (unpaired) electrons. The normalized spacial score (nSPS) is 18.9. The molecule has 1 aliphatic carbocycles. The summed E-state index contributed by atoms with van der Waals surface area (Å²) in [5, 5.41) is 7.45. The number of halogens is 1. The van der Waals surface area contributed by atoms with Crippen molar-refractivity contribution in [2.75, 3.05) is 0 Å². The van der Waals surface area contributed by atoms with Crippen molar-refractivity contribution >= 4 is 19.7 Å². The average Bonchev–Trinajstić information content (AvgIpc) is 2.61. The molecule has 7 heteroatoms. The van der Waals surface area contributed by atoms with Crippen LogP contribution in [0, 0.1) is 0 Å². The fourth-order valence-corrected chi connectivity index (χ4v) is 3.22. The van der Waals surface area contributed by atoms with Crippen LogP contribution in [0.1, 0.15) is 43.8 Å². The van der Waals surface area contributed by atoms with E-state index in [1.54, 1.807) is 7.05 Å². The van der Waals surface area contributed by atoms with E-state index >= 15 is 0 Å². The quantitative estimate of drug-likeness (QED) is 0.763. The minimum absolute atomic E-state index is 0.158. The summed E-state index contributed by atoms with van der Waals surface area (Å²) in [4.78, 5) is 0. The van der Waals surface area contributed by atoms with E-state index in [4.69, 9.17) is 10.7 Å². The molecule has 1 aliphatic rings.